The van der Waals surface area contributed by atoms with E-state index < -0.39 is 12.0 Å². The smallest absolute Gasteiger partial charge is 0.338 e. The average Bonchev–Trinajstić information content (AvgIpc) is 2.83. The van der Waals surface area contributed by atoms with E-state index in [4.69, 9.17) is 14.2 Å². The van der Waals surface area contributed by atoms with Gasteiger partial charge in [-0.1, -0.05) is 6.07 Å². The van der Waals surface area contributed by atoms with Crippen LogP contribution in [-0.2, 0) is 9.53 Å². The van der Waals surface area contributed by atoms with Gasteiger partial charge in [-0.25, -0.2) is 9.59 Å². The van der Waals surface area contributed by atoms with Crippen molar-refractivity contribution in [3.05, 3.63) is 35.0 Å². The summed E-state index contributed by atoms with van der Waals surface area (Å²) in [5, 5.41) is 3.01. The molecule has 2 aliphatic heterocycles. The van der Waals surface area contributed by atoms with Crippen molar-refractivity contribution in [1.29, 1.82) is 0 Å². The van der Waals surface area contributed by atoms with Gasteiger partial charge in [0.2, 0.25) is 0 Å². The van der Waals surface area contributed by atoms with Crippen molar-refractivity contribution in [2.45, 2.75) is 38.8 Å². The van der Waals surface area contributed by atoms with Crippen LogP contribution in [0, 0.1) is 0 Å². The lowest BCUT2D eigenvalue weighted by Gasteiger charge is -2.40. The minimum atomic E-state index is -0.657. The standard InChI is InChI=1S/C25H38N4O5/c1-7-29-19(16-28(4)18-11-13-27(3)14-12-18)22(24(30)34-8-2)23(26-25(29)31)17-9-10-20(32-5)21(15-17)33-6/h9-10,15,18,23H,7-8,11-14,16H2,1-6H3,(H,26,31). The van der Waals surface area contributed by atoms with Gasteiger partial charge in [-0.05, 0) is 71.6 Å². The van der Waals surface area contributed by atoms with E-state index in [2.05, 4.69) is 29.2 Å². The third-order valence-corrected chi connectivity index (χ3v) is 6.70. The van der Waals surface area contributed by atoms with Crippen LogP contribution in [0.15, 0.2) is 29.5 Å². The Morgan fingerprint density at radius 3 is 2.41 bits per heavy atom. The number of carbonyl (C=O) groups is 2. The van der Waals surface area contributed by atoms with Crippen LogP contribution in [0.5, 0.6) is 11.5 Å². The average molecular weight is 475 g/mol. The summed E-state index contributed by atoms with van der Waals surface area (Å²) in [5.41, 5.74) is 1.87. The fraction of sp³-hybridized carbons (Fsp3) is 0.600. The second-order valence-electron chi connectivity index (χ2n) is 8.77. The second kappa shape index (κ2) is 11.6. The quantitative estimate of drug-likeness (QED) is 0.551. The van der Waals surface area contributed by atoms with Gasteiger partial charge in [0.25, 0.3) is 0 Å². The molecule has 1 atom stereocenters. The normalized spacial score (nSPS) is 19.9. The molecule has 1 unspecified atom stereocenters. The summed E-state index contributed by atoms with van der Waals surface area (Å²) in [6.07, 6.45) is 2.10. The Bertz CT molecular complexity index is 911. The Morgan fingerprint density at radius 1 is 1.15 bits per heavy atom. The summed E-state index contributed by atoms with van der Waals surface area (Å²) in [7, 11) is 7.33. The maximum Gasteiger partial charge on any atom is 0.338 e. The number of rotatable bonds is 9. The number of nitrogens with zero attached hydrogens (tertiary/aromatic N) is 3. The minimum Gasteiger partial charge on any atom is -0.493 e. The molecule has 0 spiro atoms. The van der Waals surface area contributed by atoms with Crippen molar-refractivity contribution < 1.29 is 23.8 Å². The number of esters is 1. The highest BCUT2D eigenvalue weighted by molar-refractivity contribution is 5.95. The van der Waals surface area contributed by atoms with Gasteiger partial charge >= 0.3 is 12.0 Å². The van der Waals surface area contributed by atoms with Crippen molar-refractivity contribution in [2.75, 3.05) is 61.1 Å². The fourth-order valence-electron chi connectivity index (χ4n) is 4.74. The number of ether oxygens (including phenoxy) is 3. The molecule has 0 radical (unpaired) electrons. The highest BCUT2D eigenvalue weighted by Gasteiger charge is 2.39. The summed E-state index contributed by atoms with van der Waals surface area (Å²) >= 11 is 0. The zero-order valence-electron chi connectivity index (χ0n) is 21.2. The summed E-state index contributed by atoms with van der Waals surface area (Å²) in [6.45, 7) is 6.94. The minimum absolute atomic E-state index is 0.234. The molecule has 0 saturated carbocycles. The van der Waals surface area contributed by atoms with E-state index in [1.54, 1.807) is 38.2 Å². The molecule has 1 saturated heterocycles. The SMILES string of the molecule is CCOC(=O)C1=C(CN(C)C2CCN(C)CC2)N(CC)C(=O)NC1c1ccc(OC)c(OC)c1. The van der Waals surface area contributed by atoms with Crippen molar-refractivity contribution in [3.8, 4) is 11.5 Å². The summed E-state index contributed by atoms with van der Waals surface area (Å²) in [4.78, 5) is 32.7. The molecule has 2 amide bonds. The van der Waals surface area contributed by atoms with E-state index in [1.165, 1.54) is 0 Å². The molecule has 1 fully saturated rings. The van der Waals surface area contributed by atoms with Gasteiger partial charge in [0.1, 0.15) is 0 Å². The monoisotopic (exact) mass is 474 g/mol. The summed E-state index contributed by atoms with van der Waals surface area (Å²) in [5.74, 6) is 0.681. The van der Waals surface area contributed by atoms with E-state index in [9.17, 15) is 9.59 Å². The number of methoxy groups -OCH3 is 2. The molecule has 1 aromatic rings. The molecular weight excluding hydrogens is 436 g/mol. The van der Waals surface area contributed by atoms with Crippen LogP contribution < -0.4 is 14.8 Å². The fourth-order valence-corrected chi connectivity index (χ4v) is 4.74. The molecule has 9 heteroatoms. The Balaban J connectivity index is 2.06. The highest BCUT2D eigenvalue weighted by atomic mass is 16.5. The molecule has 1 N–H and O–H groups in total. The van der Waals surface area contributed by atoms with Gasteiger partial charge in [0.15, 0.2) is 11.5 Å². The molecule has 0 aliphatic carbocycles. The van der Waals surface area contributed by atoms with Gasteiger partial charge < -0.3 is 24.4 Å². The molecule has 2 heterocycles. The molecule has 1 aromatic carbocycles. The van der Waals surface area contributed by atoms with Gasteiger partial charge in [0, 0.05) is 24.8 Å². The van der Waals surface area contributed by atoms with Crippen LogP contribution in [0.25, 0.3) is 0 Å². The van der Waals surface area contributed by atoms with Crippen molar-refractivity contribution in [3.63, 3.8) is 0 Å². The lowest BCUT2D eigenvalue weighted by atomic mass is 9.93. The molecule has 188 valence electrons. The Hall–Kier alpha value is -2.78. The van der Waals surface area contributed by atoms with E-state index in [-0.39, 0.29) is 12.6 Å². The predicted octanol–water partition coefficient (Wildman–Crippen LogP) is 2.63. The maximum absolute atomic E-state index is 13.3. The van der Waals surface area contributed by atoms with E-state index >= 15 is 0 Å². The van der Waals surface area contributed by atoms with Crippen LogP contribution >= 0.6 is 0 Å². The number of likely N-dealkylation sites (tertiary alicyclic amines) is 1. The molecule has 3 rings (SSSR count). The summed E-state index contributed by atoms with van der Waals surface area (Å²) < 4.78 is 16.3. The van der Waals surface area contributed by atoms with Crippen LogP contribution in [-0.4, -0.2) is 93.8 Å². The largest absolute Gasteiger partial charge is 0.493 e. The molecule has 34 heavy (non-hydrogen) atoms. The topological polar surface area (TPSA) is 83.6 Å². The molecular formula is C25H38N4O5. The van der Waals surface area contributed by atoms with E-state index in [1.807, 2.05) is 13.0 Å². The third-order valence-electron chi connectivity index (χ3n) is 6.70. The van der Waals surface area contributed by atoms with Gasteiger partial charge in [-0.3, -0.25) is 9.80 Å². The van der Waals surface area contributed by atoms with Crippen LogP contribution in [0.2, 0.25) is 0 Å². The first-order valence-electron chi connectivity index (χ1n) is 11.9. The van der Waals surface area contributed by atoms with Gasteiger partial charge in [0.05, 0.1) is 32.4 Å². The van der Waals surface area contributed by atoms with Gasteiger partial charge in [-0.15, -0.1) is 0 Å². The zero-order valence-corrected chi connectivity index (χ0v) is 21.2. The summed E-state index contributed by atoms with van der Waals surface area (Å²) in [6, 6.07) is 4.90. The number of urea groups is 1. The Kier molecular flexibility index (Phi) is 8.79. The van der Waals surface area contributed by atoms with Crippen molar-refractivity contribution >= 4 is 12.0 Å². The number of carbonyl (C=O) groups excluding carboxylic acids is 2. The predicted molar refractivity (Wildman–Crippen MR) is 130 cm³/mol. The number of likely N-dealkylation sites (N-methyl/N-ethyl adjacent to an activating group) is 2. The van der Waals surface area contributed by atoms with E-state index in [0.717, 1.165) is 31.5 Å². The number of piperidine rings is 1. The first-order chi connectivity index (χ1) is 16.3. The van der Waals surface area contributed by atoms with E-state index in [0.29, 0.717) is 41.9 Å². The number of benzene rings is 1. The highest BCUT2D eigenvalue weighted by Crippen LogP contribution is 2.36. The number of amides is 2. The number of hydrogen-bond donors (Lipinski definition) is 1. The maximum atomic E-state index is 13.3. The molecule has 0 aromatic heterocycles. The lowest BCUT2D eigenvalue weighted by molar-refractivity contribution is -0.139. The zero-order chi connectivity index (χ0) is 24.8. The molecule has 2 aliphatic rings. The van der Waals surface area contributed by atoms with Crippen molar-refractivity contribution in [2.24, 2.45) is 0 Å². The Labute approximate surface area is 202 Å². The lowest BCUT2D eigenvalue weighted by Crippen LogP contribution is -2.52. The molecule has 9 nitrogen and oxygen atoms in total. The Morgan fingerprint density at radius 2 is 1.82 bits per heavy atom. The van der Waals surface area contributed by atoms with Crippen LogP contribution in [0.4, 0.5) is 4.79 Å². The van der Waals surface area contributed by atoms with Crippen molar-refractivity contribution in [1.82, 2.24) is 20.0 Å². The third kappa shape index (κ3) is 5.47. The van der Waals surface area contributed by atoms with Crippen LogP contribution in [0.3, 0.4) is 0 Å². The molecule has 0 bridgehead atoms. The second-order valence-corrected chi connectivity index (χ2v) is 8.77. The number of hydrogen-bond acceptors (Lipinski definition) is 7. The van der Waals surface area contributed by atoms with Crippen LogP contribution in [0.1, 0.15) is 38.3 Å². The van der Waals surface area contributed by atoms with Gasteiger partial charge in [-0.2, -0.15) is 0 Å². The number of nitrogens with one attached hydrogen (secondary N) is 1. The first kappa shape index (κ1) is 25.8. The first-order valence-corrected chi connectivity index (χ1v) is 11.9.